The lowest BCUT2D eigenvalue weighted by atomic mass is 10.1. The molecule has 1 N–H and O–H groups in total. The SMILES string of the molecule is COc1cc(C(=O)N/N=C\c2ccc(N3CCCCCC3)cc2)cc(OC)c1OC. The molecular formula is C23H29N3O4. The summed E-state index contributed by atoms with van der Waals surface area (Å²) in [6.07, 6.45) is 6.74. The van der Waals surface area contributed by atoms with Gasteiger partial charge in [-0.05, 0) is 42.7 Å². The van der Waals surface area contributed by atoms with E-state index in [9.17, 15) is 4.79 Å². The lowest BCUT2D eigenvalue weighted by Gasteiger charge is -2.22. The van der Waals surface area contributed by atoms with Crippen LogP contribution >= 0.6 is 0 Å². The van der Waals surface area contributed by atoms with Gasteiger partial charge in [0.2, 0.25) is 5.75 Å². The normalized spacial score (nSPS) is 14.3. The molecule has 160 valence electrons. The average molecular weight is 412 g/mol. The highest BCUT2D eigenvalue weighted by Crippen LogP contribution is 2.38. The number of hydrogen-bond acceptors (Lipinski definition) is 6. The number of carbonyl (C=O) groups excluding carboxylic acids is 1. The first-order valence-corrected chi connectivity index (χ1v) is 10.1. The molecule has 2 aromatic rings. The van der Waals surface area contributed by atoms with Crippen LogP contribution < -0.4 is 24.5 Å². The molecule has 0 spiro atoms. The molecule has 0 saturated carbocycles. The van der Waals surface area contributed by atoms with Gasteiger partial charge in [0.1, 0.15) is 0 Å². The molecule has 3 rings (SSSR count). The molecule has 1 aliphatic heterocycles. The number of amides is 1. The molecule has 30 heavy (non-hydrogen) atoms. The maximum absolute atomic E-state index is 12.5. The van der Waals surface area contributed by atoms with Crippen molar-refractivity contribution in [1.82, 2.24) is 5.43 Å². The third-order valence-corrected chi connectivity index (χ3v) is 5.17. The summed E-state index contributed by atoms with van der Waals surface area (Å²) in [4.78, 5) is 14.9. The molecule has 1 heterocycles. The molecule has 1 amide bonds. The summed E-state index contributed by atoms with van der Waals surface area (Å²) in [6.45, 7) is 2.22. The van der Waals surface area contributed by atoms with Crippen LogP contribution in [-0.2, 0) is 0 Å². The van der Waals surface area contributed by atoms with Gasteiger partial charge in [0.25, 0.3) is 5.91 Å². The van der Waals surface area contributed by atoms with E-state index in [1.807, 2.05) is 12.1 Å². The fourth-order valence-electron chi connectivity index (χ4n) is 3.54. The maximum atomic E-state index is 12.5. The van der Waals surface area contributed by atoms with Gasteiger partial charge in [0.05, 0.1) is 27.5 Å². The average Bonchev–Trinajstić information content (AvgIpc) is 3.08. The summed E-state index contributed by atoms with van der Waals surface area (Å²) in [5, 5.41) is 4.08. The molecule has 0 bridgehead atoms. The molecule has 1 aliphatic rings. The third kappa shape index (κ3) is 5.23. The van der Waals surface area contributed by atoms with E-state index in [-0.39, 0.29) is 5.91 Å². The van der Waals surface area contributed by atoms with Crippen LogP contribution in [0.1, 0.15) is 41.6 Å². The van der Waals surface area contributed by atoms with E-state index in [1.165, 1.54) is 52.7 Å². The summed E-state index contributed by atoms with van der Waals surface area (Å²) >= 11 is 0. The van der Waals surface area contributed by atoms with Crippen LogP contribution in [0.5, 0.6) is 17.2 Å². The highest BCUT2D eigenvalue weighted by Gasteiger charge is 2.16. The van der Waals surface area contributed by atoms with Crippen molar-refractivity contribution in [3.8, 4) is 17.2 Å². The minimum atomic E-state index is -0.369. The third-order valence-electron chi connectivity index (χ3n) is 5.17. The molecule has 1 fully saturated rings. The minimum Gasteiger partial charge on any atom is -0.493 e. The van der Waals surface area contributed by atoms with Crippen LogP contribution in [0.4, 0.5) is 5.69 Å². The number of anilines is 1. The fraction of sp³-hybridized carbons (Fsp3) is 0.391. The van der Waals surface area contributed by atoms with Gasteiger partial charge < -0.3 is 19.1 Å². The van der Waals surface area contributed by atoms with E-state index in [0.29, 0.717) is 22.8 Å². The topological polar surface area (TPSA) is 72.4 Å². The van der Waals surface area contributed by atoms with Gasteiger partial charge in [0.15, 0.2) is 11.5 Å². The second-order valence-corrected chi connectivity index (χ2v) is 7.11. The lowest BCUT2D eigenvalue weighted by molar-refractivity contribution is 0.0954. The lowest BCUT2D eigenvalue weighted by Crippen LogP contribution is -2.23. The van der Waals surface area contributed by atoms with Gasteiger partial charge >= 0.3 is 0 Å². The Balaban J connectivity index is 1.64. The van der Waals surface area contributed by atoms with Crippen molar-refractivity contribution >= 4 is 17.8 Å². The smallest absolute Gasteiger partial charge is 0.271 e. The van der Waals surface area contributed by atoms with E-state index >= 15 is 0 Å². The molecular weight excluding hydrogens is 382 g/mol. The second kappa shape index (κ2) is 10.5. The van der Waals surface area contributed by atoms with Crippen LogP contribution in [0.3, 0.4) is 0 Å². The molecule has 7 nitrogen and oxygen atoms in total. The Morgan fingerprint density at radius 3 is 2.07 bits per heavy atom. The van der Waals surface area contributed by atoms with Gasteiger partial charge in [-0.3, -0.25) is 4.79 Å². The van der Waals surface area contributed by atoms with Crippen molar-refractivity contribution in [2.24, 2.45) is 5.10 Å². The number of ether oxygens (including phenoxy) is 3. The summed E-state index contributed by atoms with van der Waals surface area (Å²) in [6, 6.07) is 11.4. The zero-order valence-electron chi connectivity index (χ0n) is 17.8. The first-order valence-electron chi connectivity index (χ1n) is 10.1. The summed E-state index contributed by atoms with van der Waals surface area (Å²) in [5.41, 5.74) is 5.05. The van der Waals surface area contributed by atoms with E-state index in [0.717, 1.165) is 18.7 Å². The Hall–Kier alpha value is -3.22. The Morgan fingerprint density at radius 1 is 0.933 bits per heavy atom. The van der Waals surface area contributed by atoms with Gasteiger partial charge in [-0.25, -0.2) is 5.43 Å². The Bertz CT molecular complexity index is 848. The molecule has 7 heteroatoms. The Kier molecular flexibility index (Phi) is 7.54. The van der Waals surface area contributed by atoms with Crippen molar-refractivity contribution in [2.75, 3.05) is 39.3 Å². The van der Waals surface area contributed by atoms with Crippen LogP contribution in [0.2, 0.25) is 0 Å². The largest absolute Gasteiger partial charge is 0.493 e. The van der Waals surface area contributed by atoms with Gasteiger partial charge in [-0.15, -0.1) is 0 Å². The van der Waals surface area contributed by atoms with Gasteiger partial charge in [0, 0.05) is 24.3 Å². The molecule has 2 aromatic carbocycles. The molecule has 0 aromatic heterocycles. The summed E-state index contributed by atoms with van der Waals surface area (Å²) in [5.74, 6) is 0.890. The van der Waals surface area contributed by atoms with E-state index in [1.54, 1.807) is 18.3 Å². The first-order chi connectivity index (χ1) is 14.7. The molecule has 0 unspecified atom stereocenters. The van der Waals surface area contributed by atoms with E-state index < -0.39 is 0 Å². The van der Waals surface area contributed by atoms with Crippen molar-refractivity contribution < 1.29 is 19.0 Å². The van der Waals surface area contributed by atoms with Crippen molar-refractivity contribution in [3.05, 3.63) is 47.5 Å². The standard InChI is InChI=1S/C23H29N3O4/c1-28-20-14-18(15-21(29-2)22(20)30-3)23(27)25-24-16-17-8-10-19(11-9-17)26-12-6-4-5-7-13-26/h8-11,14-16H,4-7,12-13H2,1-3H3,(H,25,27)/b24-16-. The number of carbonyl (C=O) groups is 1. The monoisotopic (exact) mass is 411 g/mol. The predicted octanol–water partition coefficient (Wildman–Crippen LogP) is 3.86. The quantitative estimate of drug-likeness (QED) is 0.553. The highest BCUT2D eigenvalue weighted by molar-refractivity contribution is 5.96. The fourth-order valence-corrected chi connectivity index (χ4v) is 3.54. The van der Waals surface area contributed by atoms with Crippen LogP contribution in [-0.4, -0.2) is 46.5 Å². The zero-order chi connectivity index (χ0) is 21.3. The molecule has 0 radical (unpaired) electrons. The number of benzene rings is 2. The summed E-state index contributed by atoms with van der Waals surface area (Å²) in [7, 11) is 4.53. The van der Waals surface area contributed by atoms with Crippen molar-refractivity contribution in [3.63, 3.8) is 0 Å². The highest BCUT2D eigenvalue weighted by atomic mass is 16.5. The number of methoxy groups -OCH3 is 3. The number of hydrazone groups is 1. The number of hydrogen-bond donors (Lipinski definition) is 1. The second-order valence-electron chi connectivity index (χ2n) is 7.11. The van der Waals surface area contributed by atoms with E-state index in [4.69, 9.17) is 14.2 Å². The van der Waals surface area contributed by atoms with Crippen molar-refractivity contribution in [1.29, 1.82) is 0 Å². The molecule has 0 atom stereocenters. The number of nitrogens with zero attached hydrogens (tertiary/aromatic N) is 2. The maximum Gasteiger partial charge on any atom is 0.271 e. The molecule has 1 saturated heterocycles. The van der Waals surface area contributed by atoms with Gasteiger partial charge in [-0.1, -0.05) is 25.0 Å². The van der Waals surface area contributed by atoms with Crippen molar-refractivity contribution in [2.45, 2.75) is 25.7 Å². The van der Waals surface area contributed by atoms with E-state index in [2.05, 4.69) is 27.6 Å². The Morgan fingerprint density at radius 2 is 1.53 bits per heavy atom. The summed E-state index contributed by atoms with van der Waals surface area (Å²) < 4.78 is 15.8. The number of rotatable bonds is 7. The van der Waals surface area contributed by atoms with Crippen LogP contribution in [0.25, 0.3) is 0 Å². The zero-order valence-corrected chi connectivity index (χ0v) is 17.8. The predicted molar refractivity (Wildman–Crippen MR) is 118 cm³/mol. The van der Waals surface area contributed by atoms with Crippen LogP contribution in [0.15, 0.2) is 41.5 Å². The van der Waals surface area contributed by atoms with Crippen LogP contribution in [0, 0.1) is 0 Å². The number of nitrogens with one attached hydrogen (secondary N) is 1. The first kappa shape index (κ1) is 21.5. The van der Waals surface area contributed by atoms with Gasteiger partial charge in [-0.2, -0.15) is 5.10 Å². The Labute approximate surface area is 177 Å². The molecule has 0 aliphatic carbocycles. The minimum absolute atomic E-state index is 0.359.